The van der Waals surface area contributed by atoms with Gasteiger partial charge in [-0.3, -0.25) is 4.79 Å². The third-order valence-corrected chi connectivity index (χ3v) is 2.93. The number of halogens is 1. The number of ether oxygens (including phenoxy) is 1. The Morgan fingerprint density at radius 1 is 1.47 bits per heavy atom. The summed E-state index contributed by atoms with van der Waals surface area (Å²) in [5.41, 5.74) is 1.71. The van der Waals surface area contributed by atoms with Gasteiger partial charge in [0.05, 0.1) is 23.9 Å². The first-order valence-corrected chi connectivity index (χ1v) is 5.72. The molecule has 0 saturated carbocycles. The van der Waals surface area contributed by atoms with Crippen molar-refractivity contribution in [3.8, 4) is 17.1 Å². The van der Waals surface area contributed by atoms with Crippen molar-refractivity contribution in [1.82, 2.24) is 5.16 Å². The van der Waals surface area contributed by atoms with Crippen molar-refractivity contribution in [2.75, 3.05) is 7.11 Å². The van der Waals surface area contributed by atoms with Gasteiger partial charge in [0.25, 0.3) is 0 Å². The van der Waals surface area contributed by atoms with Crippen LogP contribution in [0.15, 0.2) is 27.2 Å². The smallest absolute Gasteiger partial charge is 0.181 e. The van der Waals surface area contributed by atoms with Crippen LogP contribution in [0.25, 0.3) is 11.3 Å². The van der Waals surface area contributed by atoms with E-state index >= 15 is 0 Å². The van der Waals surface area contributed by atoms with Gasteiger partial charge in [0.1, 0.15) is 5.75 Å². The molecule has 0 aliphatic carbocycles. The van der Waals surface area contributed by atoms with Crippen molar-refractivity contribution in [3.63, 3.8) is 0 Å². The average molecular weight is 296 g/mol. The van der Waals surface area contributed by atoms with Gasteiger partial charge in [-0.2, -0.15) is 0 Å². The lowest BCUT2D eigenvalue weighted by Gasteiger charge is -2.06. The number of aryl methyl sites for hydroxylation is 1. The Balaban J connectivity index is 2.66. The fourth-order valence-corrected chi connectivity index (χ4v) is 1.93. The molecular weight excluding hydrogens is 286 g/mol. The van der Waals surface area contributed by atoms with E-state index < -0.39 is 0 Å². The second-order valence-corrected chi connectivity index (χ2v) is 4.39. The summed E-state index contributed by atoms with van der Waals surface area (Å²) in [7, 11) is 1.57. The summed E-state index contributed by atoms with van der Waals surface area (Å²) in [6, 6.07) is 5.48. The van der Waals surface area contributed by atoms with Gasteiger partial charge in [0, 0.05) is 4.47 Å². The molecule has 88 valence electrons. The Morgan fingerprint density at radius 2 is 2.24 bits per heavy atom. The highest BCUT2D eigenvalue weighted by atomic mass is 79.9. The molecule has 2 rings (SSSR count). The van der Waals surface area contributed by atoms with Crippen molar-refractivity contribution in [2.45, 2.75) is 6.92 Å². The van der Waals surface area contributed by atoms with E-state index in [-0.39, 0.29) is 0 Å². The number of nitrogens with zero attached hydrogens (tertiary/aromatic N) is 1. The van der Waals surface area contributed by atoms with Gasteiger partial charge < -0.3 is 9.26 Å². The summed E-state index contributed by atoms with van der Waals surface area (Å²) in [6.45, 7) is 1.72. The number of rotatable bonds is 3. The van der Waals surface area contributed by atoms with Gasteiger partial charge in [-0.15, -0.1) is 0 Å². The molecule has 1 aromatic heterocycles. The number of hydrogen-bond donors (Lipinski definition) is 0. The van der Waals surface area contributed by atoms with E-state index in [1.807, 2.05) is 12.1 Å². The molecule has 0 atom stereocenters. The molecule has 0 N–H and O–H groups in total. The maximum Gasteiger partial charge on any atom is 0.181 e. The summed E-state index contributed by atoms with van der Waals surface area (Å²) >= 11 is 3.37. The van der Waals surface area contributed by atoms with Crippen molar-refractivity contribution in [3.05, 3.63) is 33.9 Å². The number of carbonyl (C=O) groups excluding carboxylic acids is 1. The normalized spacial score (nSPS) is 10.3. The van der Waals surface area contributed by atoms with Crippen LogP contribution in [0, 0.1) is 6.92 Å². The first kappa shape index (κ1) is 11.9. The average Bonchev–Trinajstić information content (AvgIpc) is 2.70. The monoisotopic (exact) mass is 295 g/mol. The van der Waals surface area contributed by atoms with E-state index in [9.17, 15) is 4.79 Å². The third kappa shape index (κ3) is 2.10. The van der Waals surface area contributed by atoms with Crippen LogP contribution >= 0.6 is 15.9 Å². The highest BCUT2D eigenvalue weighted by Gasteiger charge is 2.18. The minimum Gasteiger partial charge on any atom is -0.496 e. The summed E-state index contributed by atoms with van der Waals surface area (Å²) in [5.74, 6) is 1.06. The Bertz CT molecular complexity index is 563. The lowest BCUT2D eigenvalue weighted by Crippen LogP contribution is -1.90. The maximum absolute atomic E-state index is 11.0. The third-order valence-electron chi connectivity index (χ3n) is 2.43. The number of aromatic nitrogens is 1. The maximum atomic E-state index is 11.0. The molecule has 17 heavy (non-hydrogen) atoms. The molecule has 0 saturated heterocycles. The number of methoxy groups -OCH3 is 1. The molecule has 0 aliphatic heterocycles. The number of aldehydes is 1. The lowest BCUT2D eigenvalue weighted by atomic mass is 10.1. The highest BCUT2D eigenvalue weighted by molar-refractivity contribution is 9.10. The molecule has 0 radical (unpaired) electrons. The van der Waals surface area contributed by atoms with Crippen molar-refractivity contribution in [1.29, 1.82) is 0 Å². The topological polar surface area (TPSA) is 52.3 Å². The minimum atomic E-state index is 0.427. The first-order chi connectivity index (χ1) is 8.17. The van der Waals surface area contributed by atoms with E-state index in [1.54, 1.807) is 20.1 Å². The molecule has 0 bridgehead atoms. The Labute approximate surface area is 107 Å². The zero-order valence-corrected chi connectivity index (χ0v) is 10.9. The summed E-state index contributed by atoms with van der Waals surface area (Å²) < 4.78 is 11.3. The first-order valence-electron chi connectivity index (χ1n) is 4.92. The lowest BCUT2D eigenvalue weighted by molar-refractivity contribution is 0.112. The molecule has 2 aromatic rings. The largest absolute Gasteiger partial charge is 0.496 e. The second kappa shape index (κ2) is 4.71. The predicted octanol–water partition coefficient (Wildman–Crippen LogP) is 3.23. The van der Waals surface area contributed by atoms with Gasteiger partial charge >= 0.3 is 0 Å². The van der Waals surface area contributed by atoms with Crippen LogP contribution in [0.2, 0.25) is 0 Å². The van der Waals surface area contributed by atoms with Gasteiger partial charge in [-0.25, -0.2) is 0 Å². The Hall–Kier alpha value is -1.62. The highest BCUT2D eigenvalue weighted by Crippen LogP contribution is 2.35. The fraction of sp³-hybridized carbons (Fsp3) is 0.167. The standard InChI is InChI=1S/C12H10BrNO3/c1-7-10(6-15)12(17-14-7)9-5-8(13)3-4-11(9)16-2/h3-6H,1-2H3. The molecule has 0 spiro atoms. The van der Waals surface area contributed by atoms with Gasteiger partial charge in [0.15, 0.2) is 12.0 Å². The number of carbonyl (C=O) groups is 1. The van der Waals surface area contributed by atoms with Crippen LogP contribution in [0.1, 0.15) is 16.1 Å². The molecule has 1 heterocycles. The zero-order valence-electron chi connectivity index (χ0n) is 9.36. The number of benzene rings is 1. The molecule has 1 aromatic carbocycles. The van der Waals surface area contributed by atoms with Crippen molar-refractivity contribution in [2.24, 2.45) is 0 Å². The molecular formula is C12H10BrNO3. The molecule has 4 nitrogen and oxygen atoms in total. The summed E-state index contributed by atoms with van der Waals surface area (Å²) in [5, 5.41) is 3.79. The fourth-order valence-electron chi connectivity index (χ4n) is 1.57. The predicted molar refractivity (Wildman–Crippen MR) is 66.3 cm³/mol. The van der Waals surface area contributed by atoms with E-state index in [1.165, 1.54) is 0 Å². The van der Waals surface area contributed by atoms with Crippen LogP contribution in [-0.4, -0.2) is 18.6 Å². The van der Waals surface area contributed by atoms with Crippen LogP contribution in [0.5, 0.6) is 5.75 Å². The second-order valence-electron chi connectivity index (χ2n) is 3.47. The van der Waals surface area contributed by atoms with E-state index in [2.05, 4.69) is 21.1 Å². The van der Waals surface area contributed by atoms with Gasteiger partial charge in [0.2, 0.25) is 0 Å². The van der Waals surface area contributed by atoms with E-state index in [0.29, 0.717) is 28.3 Å². The molecule has 0 aliphatic rings. The van der Waals surface area contributed by atoms with Crippen LogP contribution in [-0.2, 0) is 0 Å². The Morgan fingerprint density at radius 3 is 2.88 bits per heavy atom. The van der Waals surface area contributed by atoms with Crippen molar-refractivity contribution >= 4 is 22.2 Å². The minimum absolute atomic E-state index is 0.427. The van der Waals surface area contributed by atoms with Crippen LogP contribution < -0.4 is 4.74 Å². The van der Waals surface area contributed by atoms with E-state index in [4.69, 9.17) is 9.26 Å². The molecule has 0 amide bonds. The number of hydrogen-bond acceptors (Lipinski definition) is 4. The molecule has 5 heteroatoms. The zero-order chi connectivity index (χ0) is 12.4. The van der Waals surface area contributed by atoms with Gasteiger partial charge in [-0.1, -0.05) is 21.1 Å². The summed E-state index contributed by atoms with van der Waals surface area (Å²) in [6.07, 6.45) is 0.738. The van der Waals surface area contributed by atoms with Gasteiger partial charge in [-0.05, 0) is 25.1 Å². The quantitative estimate of drug-likeness (QED) is 0.816. The van der Waals surface area contributed by atoms with Crippen molar-refractivity contribution < 1.29 is 14.1 Å². The van der Waals surface area contributed by atoms with Crippen LogP contribution in [0.3, 0.4) is 0 Å². The molecule has 0 fully saturated rings. The Kier molecular flexibility index (Phi) is 3.28. The molecule has 0 unspecified atom stereocenters. The van der Waals surface area contributed by atoms with Crippen LogP contribution in [0.4, 0.5) is 0 Å². The SMILES string of the molecule is COc1ccc(Br)cc1-c1onc(C)c1C=O. The summed E-state index contributed by atoms with van der Waals surface area (Å²) in [4.78, 5) is 11.0. The van der Waals surface area contributed by atoms with E-state index in [0.717, 1.165) is 10.8 Å².